The number of benzene rings is 1. The van der Waals surface area contributed by atoms with Crippen LogP contribution in [0.4, 0.5) is 11.5 Å². The largest absolute Gasteiger partial charge is 0.308 e. The number of nitrogens with one attached hydrogen (secondary N) is 2. The Bertz CT molecular complexity index is 717. The van der Waals surface area contributed by atoms with Crippen molar-refractivity contribution in [1.29, 1.82) is 0 Å². The van der Waals surface area contributed by atoms with E-state index in [1.807, 2.05) is 0 Å². The molecule has 0 fully saturated rings. The van der Waals surface area contributed by atoms with Gasteiger partial charge in [-0.05, 0) is 24.3 Å². The fourth-order valence-electron chi connectivity index (χ4n) is 1.48. The van der Waals surface area contributed by atoms with Gasteiger partial charge in [0.15, 0.2) is 0 Å². The molecule has 0 saturated heterocycles. The number of hydrogen-bond acceptors (Lipinski definition) is 5. The van der Waals surface area contributed by atoms with Gasteiger partial charge in [-0.2, -0.15) is 0 Å². The van der Waals surface area contributed by atoms with Gasteiger partial charge >= 0.3 is 0 Å². The van der Waals surface area contributed by atoms with Gasteiger partial charge in [-0.25, -0.2) is 19.2 Å². The topological polar surface area (TPSA) is 97.1 Å². The molecule has 2 aromatic rings. The highest BCUT2D eigenvalue weighted by molar-refractivity contribution is 7.92. The summed E-state index contributed by atoms with van der Waals surface area (Å²) in [5.41, 5.74) is 2.54. The molecule has 20 heavy (non-hydrogen) atoms. The number of pyridine rings is 1. The highest BCUT2D eigenvalue weighted by atomic mass is 35.5. The van der Waals surface area contributed by atoms with Crippen molar-refractivity contribution in [3.63, 3.8) is 0 Å². The minimum Gasteiger partial charge on any atom is -0.308 e. The molecule has 1 aromatic heterocycles. The highest BCUT2D eigenvalue weighted by Crippen LogP contribution is 2.24. The SMILES string of the molecule is NNc1cc(S(=O)(=O)Nc2cc(Cl)cc(Cl)c2)ccn1. The zero-order chi connectivity index (χ0) is 14.8. The first-order chi connectivity index (χ1) is 9.40. The predicted molar refractivity (Wildman–Crippen MR) is 79.3 cm³/mol. The summed E-state index contributed by atoms with van der Waals surface area (Å²) in [5.74, 6) is 5.42. The number of nitrogens with two attached hydrogens (primary N) is 1. The molecule has 0 aliphatic rings. The van der Waals surface area contributed by atoms with E-state index in [9.17, 15) is 8.42 Å². The molecule has 0 amide bonds. The second-order valence-electron chi connectivity index (χ2n) is 3.78. The van der Waals surface area contributed by atoms with Crippen LogP contribution >= 0.6 is 23.2 Å². The molecule has 1 heterocycles. The third kappa shape index (κ3) is 3.51. The molecular formula is C11H10Cl2N4O2S. The number of hydrogen-bond donors (Lipinski definition) is 3. The summed E-state index contributed by atoms with van der Waals surface area (Å²) in [6.07, 6.45) is 1.33. The fraction of sp³-hybridized carbons (Fsp3) is 0. The first kappa shape index (κ1) is 14.9. The minimum absolute atomic E-state index is 0.0107. The van der Waals surface area contributed by atoms with Crippen molar-refractivity contribution in [2.24, 2.45) is 5.84 Å². The van der Waals surface area contributed by atoms with Crippen LogP contribution in [0.3, 0.4) is 0 Å². The van der Waals surface area contributed by atoms with E-state index in [4.69, 9.17) is 29.0 Å². The van der Waals surface area contributed by atoms with Gasteiger partial charge in [-0.15, -0.1) is 0 Å². The van der Waals surface area contributed by atoms with Gasteiger partial charge in [0.25, 0.3) is 10.0 Å². The molecule has 9 heteroatoms. The lowest BCUT2D eigenvalue weighted by Crippen LogP contribution is -2.15. The van der Waals surface area contributed by atoms with Crippen LogP contribution in [0.1, 0.15) is 0 Å². The maximum Gasteiger partial charge on any atom is 0.262 e. The van der Waals surface area contributed by atoms with E-state index in [1.54, 1.807) is 0 Å². The molecule has 4 N–H and O–H groups in total. The highest BCUT2D eigenvalue weighted by Gasteiger charge is 2.15. The molecule has 106 valence electrons. The summed E-state index contributed by atoms with van der Waals surface area (Å²) >= 11 is 11.6. The van der Waals surface area contributed by atoms with Gasteiger partial charge in [-0.3, -0.25) is 4.72 Å². The van der Waals surface area contributed by atoms with Gasteiger partial charge < -0.3 is 5.43 Å². The summed E-state index contributed by atoms with van der Waals surface area (Å²) in [4.78, 5) is 3.85. The Morgan fingerprint density at radius 3 is 2.35 bits per heavy atom. The molecule has 1 aromatic carbocycles. The number of hydrazine groups is 1. The number of rotatable bonds is 4. The lowest BCUT2D eigenvalue weighted by molar-refractivity contribution is 0.601. The third-order valence-electron chi connectivity index (χ3n) is 2.30. The van der Waals surface area contributed by atoms with Crippen LogP contribution in [0.5, 0.6) is 0 Å². The number of halogens is 2. The Morgan fingerprint density at radius 2 is 1.75 bits per heavy atom. The Labute approximate surface area is 125 Å². The zero-order valence-electron chi connectivity index (χ0n) is 9.97. The summed E-state index contributed by atoms with van der Waals surface area (Å²) < 4.78 is 26.8. The molecule has 0 radical (unpaired) electrons. The fourth-order valence-corrected chi connectivity index (χ4v) is 3.06. The summed E-state index contributed by atoms with van der Waals surface area (Å²) in [5, 5.41) is 0.656. The van der Waals surface area contributed by atoms with Crippen molar-refractivity contribution >= 4 is 44.7 Å². The second-order valence-corrected chi connectivity index (χ2v) is 6.34. The number of anilines is 2. The van der Waals surface area contributed by atoms with Crippen molar-refractivity contribution in [2.45, 2.75) is 4.90 Å². The molecule has 0 saturated carbocycles. The molecule has 0 atom stereocenters. The predicted octanol–water partition coefficient (Wildman–Crippen LogP) is 2.47. The third-order valence-corrected chi connectivity index (χ3v) is 4.12. The molecule has 0 bridgehead atoms. The van der Waals surface area contributed by atoms with Crippen LogP contribution in [0.2, 0.25) is 10.0 Å². The molecular weight excluding hydrogens is 323 g/mol. The van der Waals surface area contributed by atoms with Crippen molar-refractivity contribution in [2.75, 3.05) is 10.1 Å². The normalized spacial score (nSPS) is 11.2. The minimum atomic E-state index is -3.78. The van der Waals surface area contributed by atoms with Gasteiger partial charge in [0, 0.05) is 22.3 Å². The van der Waals surface area contributed by atoms with Gasteiger partial charge in [0.05, 0.1) is 10.6 Å². The summed E-state index contributed by atoms with van der Waals surface area (Å²) in [7, 11) is -3.78. The maximum atomic E-state index is 12.2. The van der Waals surface area contributed by atoms with E-state index in [2.05, 4.69) is 15.1 Å². The first-order valence-corrected chi connectivity index (χ1v) is 7.56. The Kier molecular flexibility index (Phi) is 4.34. The van der Waals surface area contributed by atoms with Crippen molar-refractivity contribution in [1.82, 2.24) is 4.98 Å². The van der Waals surface area contributed by atoms with Crippen LogP contribution in [0.15, 0.2) is 41.4 Å². The van der Waals surface area contributed by atoms with Crippen molar-refractivity contribution in [3.8, 4) is 0 Å². The Hall–Kier alpha value is -1.54. The molecule has 0 aliphatic heterocycles. The van der Waals surface area contributed by atoms with Crippen LogP contribution < -0.4 is 16.0 Å². The lowest BCUT2D eigenvalue weighted by atomic mass is 10.3. The van der Waals surface area contributed by atoms with E-state index in [0.29, 0.717) is 10.0 Å². The quantitative estimate of drug-likeness (QED) is 0.590. The second kappa shape index (κ2) is 5.84. The number of nitrogens with zero attached hydrogens (tertiary/aromatic N) is 1. The average molecular weight is 333 g/mol. The van der Waals surface area contributed by atoms with E-state index in [1.165, 1.54) is 36.5 Å². The standard InChI is InChI=1S/C11H10Cl2N4O2S/c12-7-3-8(13)5-9(4-7)17-20(18,19)10-1-2-15-11(6-10)16-14/h1-6,17H,14H2,(H,15,16). The van der Waals surface area contributed by atoms with Crippen molar-refractivity contribution in [3.05, 3.63) is 46.6 Å². The van der Waals surface area contributed by atoms with Gasteiger partial charge in [-0.1, -0.05) is 23.2 Å². The van der Waals surface area contributed by atoms with Gasteiger partial charge in [0.2, 0.25) is 0 Å². The van der Waals surface area contributed by atoms with E-state index >= 15 is 0 Å². The molecule has 6 nitrogen and oxygen atoms in total. The monoisotopic (exact) mass is 332 g/mol. The molecule has 0 spiro atoms. The van der Waals surface area contributed by atoms with Crippen molar-refractivity contribution < 1.29 is 8.42 Å². The smallest absolute Gasteiger partial charge is 0.262 e. The molecule has 0 unspecified atom stereocenters. The number of aromatic nitrogens is 1. The van der Waals surface area contributed by atoms with E-state index in [-0.39, 0.29) is 16.4 Å². The van der Waals surface area contributed by atoms with Crippen LogP contribution in [-0.4, -0.2) is 13.4 Å². The average Bonchev–Trinajstić information content (AvgIpc) is 2.37. The zero-order valence-corrected chi connectivity index (χ0v) is 12.3. The Morgan fingerprint density at radius 1 is 1.10 bits per heavy atom. The maximum absolute atomic E-state index is 12.2. The Balaban J connectivity index is 2.35. The van der Waals surface area contributed by atoms with Crippen LogP contribution in [0, 0.1) is 0 Å². The van der Waals surface area contributed by atoms with Gasteiger partial charge in [0.1, 0.15) is 5.82 Å². The summed E-state index contributed by atoms with van der Waals surface area (Å²) in [6, 6.07) is 7.05. The van der Waals surface area contributed by atoms with E-state index in [0.717, 1.165) is 0 Å². The van der Waals surface area contributed by atoms with Crippen LogP contribution in [-0.2, 0) is 10.0 Å². The summed E-state index contributed by atoms with van der Waals surface area (Å²) in [6.45, 7) is 0. The molecule has 2 rings (SSSR count). The van der Waals surface area contributed by atoms with E-state index < -0.39 is 10.0 Å². The van der Waals surface area contributed by atoms with Crippen LogP contribution in [0.25, 0.3) is 0 Å². The number of nitrogen functional groups attached to an aromatic ring is 1. The first-order valence-electron chi connectivity index (χ1n) is 5.32. The number of sulfonamides is 1. The molecule has 0 aliphatic carbocycles. The lowest BCUT2D eigenvalue weighted by Gasteiger charge is -2.09.